The number of likely N-dealkylation sites (tertiary alicyclic amines) is 1. The minimum Gasteiger partial charge on any atom is -0.480 e. The van der Waals surface area contributed by atoms with Gasteiger partial charge in [-0.25, -0.2) is 0 Å². The Labute approximate surface area is 338 Å². The van der Waals surface area contributed by atoms with Crippen molar-refractivity contribution in [1.29, 1.82) is 0 Å². The first-order valence-corrected chi connectivity index (χ1v) is 19.5. The minimum absolute atomic E-state index is 0.00932. The van der Waals surface area contributed by atoms with Crippen molar-refractivity contribution < 1.29 is 58.9 Å². The third-order valence-electron chi connectivity index (χ3n) is 9.42. The van der Waals surface area contributed by atoms with Gasteiger partial charge in [-0.3, -0.25) is 59.1 Å². The molecule has 0 aliphatic carbocycles. The number of nitrogens with zero attached hydrogens (tertiary/aromatic N) is 4. The van der Waals surface area contributed by atoms with Gasteiger partial charge in [0.25, 0.3) is 5.91 Å². The van der Waals surface area contributed by atoms with Gasteiger partial charge in [0, 0.05) is 64.3 Å². The highest BCUT2D eigenvalue weighted by molar-refractivity contribution is 6.43. The molecule has 58 heavy (non-hydrogen) atoms. The number of amides is 4. The van der Waals surface area contributed by atoms with Gasteiger partial charge in [0.05, 0.1) is 37.8 Å². The van der Waals surface area contributed by atoms with Crippen molar-refractivity contribution >= 4 is 54.3 Å². The normalized spacial score (nSPS) is 14.3. The smallest absolute Gasteiger partial charge is 0.475 e. The highest BCUT2D eigenvalue weighted by atomic mass is 16.4. The molecule has 2 atom stereocenters. The number of benzene rings is 1. The van der Waals surface area contributed by atoms with Crippen molar-refractivity contribution in [3.8, 4) is 0 Å². The van der Waals surface area contributed by atoms with E-state index in [-0.39, 0.29) is 63.1 Å². The van der Waals surface area contributed by atoms with Crippen LogP contribution in [-0.4, -0.2) is 191 Å². The predicted octanol–water partition coefficient (Wildman–Crippen LogP) is -2.30. The molecule has 0 bridgehead atoms. The topological polar surface area (TPSA) is 294 Å². The molecule has 2 rings (SSSR count). The maximum atomic E-state index is 12.8. The van der Waals surface area contributed by atoms with Crippen LogP contribution < -0.4 is 26.8 Å². The third kappa shape index (κ3) is 20.0. The van der Waals surface area contributed by atoms with E-state index < -0.39 is 48.8 Å². The summed E-state index contributed by atoms with van der Waals surface area (Å²) in [4.78, 5) is 90.6. The second-order valence-electron chi connectivity index (χ2n) is 14.0. The van der Waals surface area contributed by atoms with Crippen LogP contribution in [0, 0.1) is 0 Å². The van der Waals surface area contributed by atoms with Gasteiger partial charge in [-0.1, -0.05) is 13.3 Å². The standard InChI is InChI=1S/C36H60BN9O12/c1-3-43(24-33(51)52)18-19-45(25-34(53)54)21-20-44(17-15-38-22-32(49)50)23-31(48)39-14-6-4-5-9-30(47)42-41-28-12-10-27(11-13-28)35(55)40-26(2)36(56)46-16-7-8-29(46)37(57)58/h10-13,26,29,38,41,57-58H,3-9,14-25H2,1-2H3,(H,39,48)(H,40,55)(H,42,47)(H,49,50)(H,51,52)(H,53,54)/t26-,29+/m1/s1. The Morgan fingerprint density at radius 3 is 2.02 bits per heavy atom. The summed E-state index contributed by atoms with van der Waals surface area (Å²) in [7, 11) is -1.65. The van der Waals surface area contributed by atoms with Crippen LogP contribution in [0.15, 0.2) is 24.3 Å². The van der Waals surface area contributed by atoms with Crippen LogP contribution in [0.25, 0.3) is 0 Å². The largest absolute Gasteiger partial charge is 0.480 e. The lowest BCUT2D eigenvalue weighted by molar-refractivity contribution is -0.140. The first kappa shape index (κ1) is 49.3. The van der Waals surface area contributed by atoms with E-state index in [0.29, 0.717) is 83.6 Å². The van der Waals surface area contributed by atoms with Gasteiger partial charge in [0.15, 0.2) is 0 Å². The summed E-state index contributed by atoms with van der Waals surface area (Å²) in [5, 5.41) is 54.7. The van der Waals surface area contributed by atoms with E-state index in [1.807, 2.05) is 6.92 Å². The van der Waals surface area contributed by atoms with E-state index >= 15 is 0 Å². The van der Waals surface area contributed by atoms with Crippen molar-refractivity contribution in [2.75, 3.05) is 90.5 Å². The molecule has 1 saturated heterocycles. The van der Waals surface area contributed by atoms with E-state index in [0.717, 1.165) is 0 Å². The molecule has 0 aromatic heterocycles. The lowest BCUT2D eigenvalue weighted by Crippen LogP contribution is -2.52. The fraction of sp³-hybridized carbons (Fsp3) is 0.639. The molecule has 1 aliphatic rings. The quantitative estimate of drug-likeness (QED) is 0.0222. The van der Waals surface area contributed by atoms with Crippen molar-refractivity contribution in [1.82, 2.24) is 41.0 Å². The molecule has 0 unspecified atom stereocenters. The number of anilines is 1. The summed E-state index contributed by atoms with van der Waals surface area (Å²) in [5.41, 5.74) is 6.19. The van der Waals surface area contributed by atoms with E-state index in [4.69, 9.17) is 10.2 Å². The SMILES string of the molecule is CCN(CCN(CCN(CCNCC(=O)O)CC(=O)NCCCCCC(=O)NNc1ccc(C(=O)N[C@H](C)C(=O)N2CCC[C@H]2B(O)O)cc1)CC(=O)O)CC(=O)O. The zero-order valence-corrected chi connectivity index (χ0v) is 33.4. The predicted molar refractivity (Wildman–Crippen MR) is 212 cm³/mol. The first-order chi connectivity index (χ1) is 27.6. The first-order valence-electron chi connectivity index (χ1n) is 19.5. The number of rotatable bonds is 30. The van der Waals surface area contributed by atoms with Crippen molar-refractivity contribution in [2.24, 2.45) is 0 Å². The Hall–Kier alpha value is -4.87. The minimum atomic E-state index is -1.65. The number of nitrogens with one attached hydrogen (secondary N) is 5. The Bertz CT molecular complexity index is 1490. The fourth-order valence-corrected chi connectivity index (χ4v) is 6.22. The highest BCUT2D eigenvalue weighted by Gasteiger charge is 2.38. The number of likely N-dealkylation sites (N-methyl/N-ethyl adjacent to an activating group) is 1. The molecule has 1 fully saturated rings. The molecular formula is C36H60BN9O12. The molecule has 1 heterocycles. The molecule has 4 amide bonds. The number of hydrogen-bond donors (Lipinski definition) is 10. The van der Waals surface area contributed by atoms with Gasteiger partial charge >= 0.3 is 25.0 Å². The van der Waals surface area contributed by atoms with Gasteiger partial charge < -0.3 is 46.2 Å². The van der Waals surface area contributed by atoms with Crippen LogP contribution in [0.5, 0.6) is 0 Å². The average molecular weight is 822 g/mol. The van der Waals surface area contributed by atoms with Crippen molar-refractivity contribution in [3.63, 3.8) is 0 Å². The van der Waals surface area contributed by atoms with E-state index in [1.54, 1.807) is 26.8 Å². The number of hydrazine groups is 1. The Balaban J connectivity index is 1.72. The lowest BCUT2D eigenvalue weighted by Gasteiger charge is -2.28. The van der Waals surface area contributed by atoms with Crippen LogP contribution >= 0.6 is 0 Å². The van der Waals surface area contributed by atoms with Crippen LogP contribution in [-0.2, 0) is 28.8 Å². The maximum Gasteiger partial charge on any atom is 0.475 e. The van der Waals surface area contributed by atoms with Gasteiger partial charge in [-0.2, -0.15) is 0 Å². The lowest BCUT2D eigenvalue weighted by atomic mass is 9.78. The molecule has 22 heteroatoms. The Kier molecular flexibility index (Phi) is 22.9. The molecule has 21 nitrogen and oxygen atoms in total. The number of carboxylic acids is 3. The zero-order chi connectivity index (χ0) is 43.0. The summed E-state index contributed by atoms with van der Waals surface area (Å²) < 4.78 is 0. The van der Waals surface area contributed by atoms with E-state index in [1.165, 1.54) is 24.0 Å². The molecule has 0 saturated carbocycles. The zero-order valence-electron chi connectivity index (χ0n) is 33.4. The summed E-state index contributed by atoms with van der Waals surface area (Å²) in [6.45, 7) is 5.72. The fourth-order valence-electron chi connectivity index (χ4n) is 6.22. The van der Waals surface area contributed by atoms with Gasteiger partial charge in [0.1, 0.15) is 6.04 Å². The number of carbonyl (C=O) groups is 7. The van der Waals surface area contributed by atoms with Gasteiger partial charge in [0.2, 0.25) is 17.7 Å². The number of unbranched alkanes of at least 4 members (excludes halogenated alkanes) is 2. The number of carboxylic acid groups (broad SMARTS) is 3. The molecule has 0 radical (unpaired) electrons. The molecule has 0 spiro atoms. The van der Waals surface area contributed by atoms with Crippen molar-refractivity contribution in [2.45, 2.75) is 64.4 Å². The second kappa shape index (κ2) is 26.9. The number of hydrogen-bond acceptors (Lipinski definition) is 14. The number of carbonyl (C=O) groups excluding carboxylic acids is 4. The summed E-state index contributed by atoms with van der Waals surface area (Å²) in [5.74, 6) is -5.17. The summed E-state index contributed by atoms with van der Waals surface area (Å²) >= 11 is 0. The molecule has 1 aliphatic heterocycles. The molecule has 10 N–H and O–H groups in total. The summed E-state index contributed by atoms with van der Waals surface area (Å²) in [6.07, 6.45) is 3.15. The Morgan fingerprint density at radius 2 is 1.41 bits per heavy atom. The maximum absolute atomic E-state index is 12.8. The molecule has 1 aromatic rings. The molecule has 1 aromatic carbocycles. The monoisotopic (exact) mass is 821 g/mol. The third-order valence-corrected chi connectivity index (χ3v) is 9.42. The summed E-state index contributed by atoms with van der Waals surface area (Å²) in [6, 6.07) is 5.37. The average Bonchev–Trinajstić information content (AvgIpc) is 3.67. The van der Waals surface area contributed by atoms with Crippen LogP contribution in [0.4, 0.5) is 5.69 Å². The van der Waals surface area contributed by atoms with Crippen molar-refractivity contribution in [3.05, 3.63) is 29.8 Å². The Morgan fingerprint density at radius 1 is 0.793 bits per heavy atom. The van der Waals surface area contributed by atoms with Crippen LogP contribution in [0.3, 0.4) is 0 Å². The van der Waals surface area contributed by atoms with E-state index in [9.17, 15) is 48.7 Å². The second-order valence-corrected chi connectivity index (χ2v) is 14.0. The highest BCUT2D eigenvalue weighted by Crippen LogP contribution is 2.19. The number of aliphatic carboxylic acids is 3. The van der Waals surface area contributed by atoms with Crippen LogP contribution in [0.2, 0.25) is 0 Å². The van der Waals surface area contributed by atoms with Crippen LogP contribution in [0.1, 0.15) is 62.7 Å². The van der Waals surface area contributed by atoms with Gasteiger partial charge in [-0.05, 0) is 63.4 Å². The van der Waals surface area contributed by atoms with E-state index in [2.05, 4.69) is 26.8 Å². The molecule has 324 valence electrons. The van der Waals surface area contributed by atoms with Gasteiger partial charge in [-0.15, -0.1) is 0 Å². The molecular weight excluding hydrogens is 761 g/mol.